The van der Waals surface area contributed by atoms with E-state index in [9.17, 15) is 4.79 Å². The Hall–Kier alpha value is -2.05. The Morgan fingerprint density at radius 3 is 2.80 bits per heavy atom. The van der Waals surface area contributed by atoms with Gasteiger partial charge in [0.2, 0.25) is 0 Å². The van der Waals surface area contributed by atoms with E-state index in [-0.39, 0.29) is 5.91 Å². The zero-order chi connectivity index (χ0) is 17.8. The lowest BCUT2D eigenvalue weighted by molar-refractivity contribution is 0.0374. The maximum absolute atomic E-state index is 12.6. The standard InChI is InChI=1S/C19H27N3O3/c1-14(2)13-22-16-11-15(3)25-18(16)12-17(22)19(23)20-5-4-6-21-7-9-24-10-8-21/h11-12H,1,4-10,13H2,2-3H3,(H,20,23). The number of aromatic nitrogens is 1. The summed E-state index contributed by atoms with van der Waals surface area (Å²) in [5.74, 6) is 0.783. The van der Waals surface area contributed by atoms with Crippen molar-refractivity contribution in [1.82, 2.24) is 14.8 Å². The van der Waals surface area contributed by atoms with Crippen LogP contribution in [-0.2, 0) is 11.3 Å². The van der Waals surface area contributed by atoms with Crippen LogP contribution in [0.5, 0.6) is 0 Å². The fourth-order valence-electron chi connectivity index (χ4n) is 3.21. The summed E-state index contributed by atoms with van der Waals surface area (Å²) in [6, 6.07) is 3.79. The number of hydrogen-bond acceptors (Lipinski definition) is 4. The van der Waals surface area contributed by atoms with E-state index < -0.39 is 0 Å². The van der Waals surface area contributed by atoms with E-state index in [4.69, 9.17) is 9.15 Å². The maximum atomic E-state index is 12.6. The molecular formula is C19H27N3O3. The first-order valence-corrected chi connectivity index (χ1v) is 8.87. The summed E-state index contributed by atoms with van der Waals surface area (Å²) in [6.45, 7) is 13.7. The van der Waals surface area contributed by atoms with Crippen molar-refractivity contribution in [2.75, 3.05) is 39.4 Å². The molecule has 3 heterocycles. The number of aryl methyl sites for hydroxylation is 1. The molecule has 6 nitrogen and oxygen atoms in total. The van der Waals surface area contributed by atoms with Crippen LogP contribution in [-0.4, -0.2) is 54.8 Å². The third kappa shape index (κ3) is 4.32. The van der Waals surface area contributed by atoms with Gasteiger partial charge in [-0.15, -0.1) is 0 Å². The molecule has 3 rings (SSSR count). The van der Waals surface area contributed by atoms with Gasteiger partial charge in [0.15, 0.2) is 5.58 Å². The van der Waals surface area contributed by atoms with Crippen LogP contribution in [0.25, 0.3) is 11.1 Å². The summed E-state index contributed by atoms with van der Waals surface area (Å²) in [6.07, 6.45) is 0.933. The van der Waals surface area contributed by atoms with Gasteiger partial charge in [-0.3, -0.25) is 9.69 Å². The Morgan fingerprint density at radius 2 is 2.08 bits per heavy atom. The van der Waals surface area contributed by atoms with Crippen molar-refractivity contribution in [3.8, 4) is 0 Å². The molecule has 0 bridgehead atoms. The second-order valence-electron chi connectivity index (χ2n) is 6.74. The van der Waals surface area contributed by atoms with Gasteiger partial charge in [-0.1, -0.05) is 12.2 Å². The molecule has 0 radical (unpaired) electrons. The van der Waals surface area contributed by atoms with Crippen LogP contribution in [0.3, 0.4) is 0 Å². The molecule has 0 unspecified atom stereocenters. The van der Waals surface area contributed by atoms with Crippen LogP contribution < -0.4 is 5.32 Å². The highest BCUT2D eigenvalue weighted by molar-refractivity contribution is 5.97. The van der Waals surface area contributed by atoms with Gasteiger partial charge in [0, 0.05) is 38.3 Å². The number of carbonyl (C=O) groups excluding carboxylic acids is 1. The number of allylic oxidation sites excluding steroid dienone is 1. The fraction of sp³-hybridized carbons (Fsp3) is 0.526. The number of amides is 1. The van der Waals surface area contributed by atoms with E-state index in [1.165, 1.54) is 0 Å². The van der Waals surface area contributed by atoms with Crippen molar-refractivity contribution in [3.63, 3.8) is 0 Å². The minimum atomic E-state index is -0.0627. The summed E-state index contributed by atoms with van der Waals surface area (Å²) < 4.78 is 13.0. The third-order valence-corrected chi connectivity index (χ3v) is 4.41. The summed E-state index contributed by atoms with van der Waals surface area (Å²) in [4.78, 5) is 15.0. The van der Waals surface area contributed by atoms with Crippen molar-refractivity contribution in [2.45, 2.75) is 26.8 Å². The normalized spacial score (nSPS) is 15.6. The van der Waals surface area contributed by atoms with Crippen molar-refractivity contribution in [1.29, 1.82) is 0 Å². The fourth-order valence-corrected chi connectivity index (χ4v) is 3.21. The Labute approximate surface area is 148 Å². The zero-order valence-electron chi connectivity index (χ0n) is 15.1. The molecule has 1 aliphatic rings. The van der Waals surface area contributed by atoms with Crippen LogP contribution >= 0.6 is 0 Å². The van der Waals surface area contributed by atoms with Crippen LogP contribution in [0.2, 0.25) is 0 Å². The van der Waals surface area contributed by atoms with Crippen LogP contribution in [0.1, 0.15) is 29.6 Å². The first kappa shape index (κ1) is 17.8. The molecule has 2 aromatic rings. The SMILES string of the molecule is C=C(C)Cn1c(C(=O)NCCCN2CCOCC2)cc2oc(C)cc21. The number of furan rings is 1. The number of carbonyl (C=O) groups is 1. The largest absolute Gasteiger partial charge is 0.460 e. The Bertz CT molecular complexity index is 753. The average Bonchev–Trinajstić information content (AvgIpc) is 3.09. The lowest BCUT2D eigenvalue weighted by Gasteiger charge is -2.26. The van der Waals surface area contributed by atoms with Gasteiger partial charge in [-0.05, 0) is 26.8 Å². The van der Waals surface area contributed by atoms with E-state index in [0.29, 0.717) is 18.8 Å². The van der Waals surface area contributed by atoms with Gasteiger partial charge < -0.3 is 19.0 Å². The number of fused-ring (bicyclic) bond motifs is 1. The molecule has 0 spiro atoms. The Balaban J connectivity index is 1.60. The molecule has 1 amide bonds. The molecule has 2 aromatic heterocycles. The Morgan fingerprint density at radius 1 is 1.32 bits per heavy atom. The van der Waals surface area contributed by atoms with E-state index >= 15 is 0 Å². The van der Waals surface area contributed by atoms with Gasteiger partial charge in [0.1, 0.15) is 11.5 Å². The molecule has 1 N–H and O–H groups in total. The monoisotopic (exact) mass is 345 g/mol. The predicted molar refractivity (Wildman–Crippen MR) is 98.0 cm³/mol. The molecule has 1 aliphatic heterocycles. The number of morpholine rings is 1. The van der Waals surface area contributed by atoms with Gasteiger partial charge >= 0.3 is 0 Å². The van der Waals surface area contributed by atoms with Crippen LogP contribution in [0, 0.1) is 6.92 Å². The first-order chi connectivity index (χ1) is 12.0. The first-order valence-electron chi connectivity index (χ1n) is 8.87. The maximum Gasteiger partial charge on any atom is 0.268 e. The molecule has 0 aliphatic carbocycles. The average molecular weight is 345 g/mol. The molecule has 25 heavy (non-hydrogen) atoms. The third-order valence-electron chi connectivity index (χ3n) is 4.41. The molecular weight excluding hydrogens is 318 g/mol. The van der Waals surface area contributed by atoms with Crippen molar-refractivity contribution < 1.29 is 13.9 Å². The Kier molecular flexibility index (Phi) is 5.60. The summed E-state index contributed by atoms with van der Waals surface area (Å²) in [5, 5.41) is 3.03. The second-order valence-corrected chi connectivity index (χ2v) is 6.74. The van der Waals surface area contributed by atoms with E-state index in [1.807, 2.05) is 30.5 Å². The molecule has 1 saturated heterocycles. The number of rotatable bonds is 7. The highest BCUT2D eigenvalue weighted by atomic mass is 16.5. The van der Waals surface area contributed by atoms with Gasteiger partial charge in [0.05, 0.1) is 18.7 Å². The van der Waals surface area contributed by atoms with Crippen LogP contribution in [0.15, 0.2) is 28.7 Å². The number of hydrogen-bond donors (Lipinski definition) is 1. The molecule has 0 aromatic carbocycles. The second kappa shape index (κ2) is 7.89. The summed E-state index contributed by atoms with van der Waals surface area (Å²) >= 11 is 0. The number of ether oxygens (including phenoxy) is 1. The molecule has 1 fully saturated rings. The van der Waals surface area contributed by atoms with E-state index in [2.05, 4.69) is 16.8 Å². The quantitative estimate of drug-likeness (QED) is 0.619. The minimum absolute atomic E-state index is 0.0627. The van der Waals surface area contributed by atoms with Crippen molar-refractivity contribution in [2.24, 2.45) is 0 Å². The van der Waals surface area contributed by atoms with Gasteiger partial charge in [-0.25, -0.2) is 0 Å². The molecule has 6 heteroatoms. The van der Waals surface area contributed by atoms with Crippen molar-refractivity contribution in [3.05, 3.63) is 35.7 Å². The summed E-state index contributed by atoms with van der Waals surface area (Å²) in [5.41, 5.74) is 3.32. The lowest BCUT2D eigenvalue weighted by atomic mass is 10.3. The van der Waals surface area contributed by atoms with Crippen molar-refractivity contribution >= 4 is 17.0 Å². The van der Waals surface area contributed by atoms with Gasteiger partial charge in [0.25, 0.3) is 5.91 Å². The smallest absolute Gasteiger partial charge is 0.268 e. The topological polar surface area (TPSA) is 59.6 Å². The van der Waals surface area contributed by atoms with E-state index in [0.717, 1.165) is 61.7 Å². The number of nitrogens with zero attached hydrogens (tertiary/aromatic N) is 2. The van der Waals surface area contributed by atoms with Gasteiger partial charge in [-0.2, -0.15) is 0 Å². The molecule has 0 saturated carbocycles. The highest BCUT2D eigenvalue weighted by Crippen LogP contribution is 2.24. The van der Waals surface area contributed by atoms with E-state index in [1.54, 1.807) is 0 Å². The summed E-state index contributed by atoms with van der Waals surface area (Å²) in [7, 11) is 0. The minimum Gasteiger partial charge on any atom is -0.460 e. The zero-order valence-corrected chi connectivity index (χ0v) is 15.1. The predicted octanol–water partition coefficient (Wildman–Crippen LogP) is 2.57. The molecule has 0 atom stereocenters. The number of nitrogens with one attached hydrogen (secondary N) is 1. The molecule has 136 valence electrons. The van der Waals surface area contributed by atoms with Crippen LogP contribution in [0.4, 0.5) is 0 Å². The highest BCUT2D eigenvalue weighted by Gasteiger charge is 2.18. The lowest BCUT2D eigenvalue weighted by Crippen LogP contribution is -2.38.